The lowest BCUT2D eigenvalue weighted by Gasteiger charge is -2.20. The van der Waals surface area contributed by atoms with Crippen LogP contribution in [0.4, 0.5) is 14.9 Å². The van der Waals surface area contributed by atoms with Gasteiger partial charge in [-0.3, -0.25) is 0 Å². The Labute approximate surface area is 140 Å². The van der Waals surface area contributed by atoms with E-state index in [0.29, 0.717) is 13.0 Å². The zero-order valence-electron chi connectivity index (χ0n) is 13.2. The van der Waals surface area contributed by atoms with E-state index in [0.717, 1.165) is 25.1 Å². The van der Waals surface area contributed by atoms with Crippen molar-refractivity contribution in [3.8, 4) is 0 Å². The van der Waals surface area contributed by atoms with Gasteiger partial charge in [-0.1, -0.05) is 11.6 Å². The van der Waals surface area contributed by atoms with Crippen molar-refractivity contribution in [3.05, 3.63) is 29.0 Å². The van der Waals surface area contributed by atoms with Gasteiger partial charge in [0.15, 0.2) is 0 Å². The highest BCUT2D eigenvalue weighted by atomic mass is 35.5. The number of aliphatic hydroxyl groups is 1. The summed E-state index contributed by atoms with van der Waals surface area (Å²) in [4.78, 5) is 14.0. The Hall–Kier alpha value is -1.53. The second-order valence-electron chi connectivity index (χ2n) is 5.91. The van der Waals surface area contributed by atoms with Gasteiger partial charge in [-0.2, -0.15) is 0 Å². The number of carbonyl (C=O) groups is 1. The number of anilines is 1. The van der Waals surface area contributed by atoms with Crippen molar-refractivity contribution >= 4 is 23.3 Å². The standard InChI is InChI=1S/C16H23ClFN3O2/c1-11(3-2-8-22)19-16(23)20-12-6-7-21(10-12)13-4-5-14(17)15(18)9-13/h4-5,9,11-12,22H,2-3,6-8,10H2,1H3,(H2,19,20,23). The molecule has 1 aromatic carbocycles. The van der Waals surface area contributed by atoms with Gasteiger partial charge >= 0.3 is 6.03 Å². The van der Waals surface area contributed by atoms with Crippen LogP contribution in [0.25, 0.3) is 0 Å². The van der Waals surface area contributed by atoms with Gasteiger partial charge in [-0.25, -0.2) is 9.18 Å². The Morgan fingerprint density at radius 1 is 1.57 bits per heavy atom. The first kappa shape index (κ1) is 17.8. The topological polar surface area (TPSA) is 64.6 Å². The highest BCUT2D eigenvalue weighted by molar-refractivity contribution is 6.30. The predicted octanol–water partition coefficient (Wildman–Crippen LogP) is 2.52. The minimum Gasteiger partial charge on any atom is -0.396 e. The third kappa shape index (κ3) is 5.25. The molecule has 0 radical (unpaired) electrons. The van der Waals surface area contributed by atoms with Gasteiger partial charge in [0, 0.05) is 37.5 Å². The number of hydrogen-bond acceptors (Lipinski definition) is 3. The van der Waals surface area contributed by atoms with E-state index in [9.17, 15) is 9.18 Å². The highest BCUT2D eigenvalue weighted by Crippen LogP contribution is 2.24. The van der Waals surface area contributed by atoms with Crippen LogP contribution in [0.5, 0.6) is 0 Å². The summed E-state index contributed by atoms with van der Waals surface area (Å²) < 4.78 is 13.5. The number of urea groups is 1. The highest BCUT2D eigenvalue weighted by Gasteiger charge is 2.24. The zero-order valence-corrected chi connectivity index (χ0v) is 13.9. The SMILES string of the molecule is CC(CCCO)NC(=O)NC1CCN(c2ccc(Cl)c(F)c2)C1. The number of amides is 2. The maximum Gasteiger partial charge on any atom is 0.315 e. The van der Waals surface area contributed by atoms with Gasteiger partial charge in [0.05, 0.1) is 5.02 Å². The molecule has 2 atom stereocenters. The fraction of sp³-hybridized carbons (Fsp3) is 0.562. The van der Waals surface area contributed by atoms with E-state index < -0.39 is 5.82 Å². The molecule has 0 saturated carbocycles. The summed E-state index contributed by atoms with van der Waals surface area (Å²) in [5.41, 5.74) is 0.771. The summed E-state index contributed by atoms with van der Waals surface area (Å²) in [5.74, 6) is -0.434. The molecule has 2 amide bonds. The average Bonchev–Trinajstić information content (AvgIpc) is 2.96. The number of rotatable bonds is 6. The van der Waals surface area contributed by atoms with E-state index in [4.69, 9.17) is 16.7 Å². The predicted molar refractivity (Wildman–Crippen MR) is 89.5 cm³/mol. The Bertz CT molecular complexity index is 544. The summed E-state index contributed by atoms with van der Waals surface area (Å²) in [6.45, 7) is 3.43. The number of nitrogens with one attached hydrogen (secondary N) is 2. The molecule has 3 N–H and O–H groups in total. The van der Waals surface area contributed by atoms with E-state index in [1.807, 2.05) is 11.8 Å². The van der Waals surface area contributed by atoms with Crippen LogP contribution in [0.1, 0.15) is 26.2 Å². The van der Waals surface area contributed by atoms with Crippen molar-refractivity contribution in [1.29, 1.82) is 0 Å². The van der Waals surface area contributed by atoms with E-state index in [-0.39, 0.29) is 29.7 Å². The Morgan fingerprint density at radius 2 is 2.35 bits per heavy atom. The number of halogens is 2. The number of nitrogens with zero attached hydrogens (tertiary/aromatic N) is 1. The maximum atomic E-state index is 13.5. The molecule has 0 spiro atoms. The number of carbonyl (C=O) groups excluding carboxylic acids is 1. The van der Waals surface area contributed by atoms with Gasteiger partial charge in [0.2, 0.25) is 0 Å². The molecule has 5 nitrogen and oxygen atoms in total. The maximum absolute atomic E-state index is 13.5. The third-order valence-corrected chi connectivity index (χ3v) is 4.27. The minimum absolute atomic E-state index is 0.0185. The van der Waals surface area contributed by atoms with Crippen molar-refractivity contribution in [2.45, 2.75) is 38.3 Å². The van der Waals surface area contributed by atoms with E-state index in [1.165, 1.54) is 6.07 Å². The van der Waals surface area contributed by atoms with E-state index >= 15 is 0 Å². The van der Waals surface area contributed by atoms with Crippen LogP contribution < -0.4 is 15.5 Å². The van der Waals surface area contributed by atoms with Gasteiger partial charge in [-0.15, -0.1) is 0 Å². The van der Waals surface area contributed by atoms with Crippen molar-refractivity contribution < 1.29 is 14.3 Å². The van der Waals surface area contributed by atoms with Crippen molar-refractivity contribution in [3.63, 3.8) is 0 Å². The molecule has 7 heteroatoms. The van der Waals surface area contributed by atoms with Crippen LogP contribution in [-0.4, -0.2) is 42.9 Å². The Morgan fingerprint density at radius 3 is 3.04 bits per heavy atom. The molecular weight excluding hydrogens is 321 g/mol. The Balaban J connectivity index is 1.80. The number of hydrogen-bond donors (Lipinski definition) is 3. The fourth-order valence-electron chi connectivity index (χ4n) is 2.71. The van der Waals surface area contributed by atoms with Gasteiger partial charge in [0.1, 0.15) is 5.82 Å². The van der Waals surface area contributed by atoms with Crippen LogP contribution in [0.3, 0.4) is 0 Å². The van der Waals surface area contributed by atoms with E-state index in [2.05, 4.69) is 10.6 Å². The lowest BCUT2D eigenvalue weighted by molar-refractivity contribution is 0.231. The van der Waals surface area contributed by atoms with Crippen LogP contribution >= 0.6 is 11.6 Å². The second kappa shape index (κ2) is 8.36. The monoisotopic (exact) mass is 343 g/mol. The third-order valence-electron chi connectivity index (χ3n) is 3.96. The first-order valence-corrected chi connectivity index (χ1v) is 8.25. The lowest BCUT2D eigenvalue weighted by atomic mass is 10.2. The normalized spacial score (nSPS) is 18.8. The van der Waals surface area contributed by atoms with Crippen LogP contribution in [0, 0.1) is 5.82 Å². The molecule has 128 valence electrons. The van der Waals surface area contributed by atoms with Gasteiger partial charge in [-0.05, 0) is 44.4 Å². The summed E-state index contributed by atoms with van der Waals surface area (Å²) in [6.07, 6.45) is 2.22. The first-order valence-electron chi connectivity index (χ1n) is 7.87. The van der Waals surface area contributed by atoms with Gasteiger partial charge in [0.25, 0.3) is 0 Å². The van der Waals surface area contributed by atoms with Crippen LogP contribution in [0.2, 0.25) is 5.02 Å². The molecule has 2 rings (SSSR count). The second-order valence-corrected chi connectivity index (χ2v) is 6.32. The summed E-state index contributed by atoms with van der Waals surface area (Å²) in [6, 6.07) is 4.59. The summed E-state index contributed by atoms with van der Waals surface area (Å²) in [7, 11) is 0. The van der Waals surface area contributed by atoms with Crippen molar-refractivity contribution in [2.75, 3.05) is 24.6 Å². The number of aliphatic hydroxyl groups excluding tert-OH is 1. The van der Waals surface area contributed by atoms with E-state index in [1.54, 1.807) is 12.1 Å². The molecule has 2 unspecified atom stereocenters. The smallest absolute Gasteiger partial charge is 0.315 e. The molecule has 0 aromatic heterocycles. The molecule has 1 heterocycles. The molecule has 0 aliphatic carbocycles. The molecule has 1 aliphatic rings. The molecule has 1 saturated heterocycles. The fourth-order valence-corrected chi connectivity index (χ4v) is 2.83. The largest absolute Gasteiger partial charge is 0.396 e. The summed E-state index contributed by atoms with van der Waals surface area (Å²) in [5, 5.41) is 14.7. The molecule has 0 bridgehead atoms. The van der Waals surface area contributed by atoms with Crippen molar-refractivity contribution in [1.82, 2.24) is 10.6 Å². The Kier molecular flexibility index (Phi) is 6.47. The van der Waals surface area contributed by atoms with Crippen molar-refractivity contribution in [2.24, 2.45) is 0 Å². The zero-order chi connectivity index (χ0) is 16.8. The molecule has 1 fully saturated rings. The molecular formula is C16H23ClFN3O2. The molecule has 1 aromatic rings. The quantitative estimate of drug-likeness (QED) is 0.743. The van der Waals surface area contributed by atoms with Gasteiger partial charge < -0.3 is 20.6 Å². The summed E-state index contributed by atoms with van der Waals surface area (Å²) >= 11 is 5.69. The molecule has 23 heavy (non-hydrogen) atoms. The average molecular weight is 344 g/mol. The first-order chi connectivity index (χ1) is 11.0. The van der Waals surface area contributed by atoms with Crippen LogP contribution in [0.15, 0.2) is 18.2 Å². The molecule has 1 aliphatic heterocycles. The number of benzene rings is 1. The van der Waals surface area contributed by atoms with Crippen LogP contribution in [-0.2, 0) is 0 Å². The lowest BCUT2D eigenvalue weighted by Crippen LogP contribution is -2.46. The minimum atomic E-state index is -0.434.